The number of aliphatic hydroxyl groups excluding tert-OH is 1. The van der Waals surface area contributed by atoms with Gasteiger partial charge in [0.1, 0.15) is 0 Å². The van der Waals surface area contributed by atoms with Gasteiger partial charge in [-0.05, 0) is 18.1 Å². The van der Waals surface area contributed by atoms with E-state index < -0.39 is 0 Å². The third-order valence-corrected chi connectivity index (χ3v) is 3.87. The second kappa shape index (κ2) is 7.96. The summed E-state index contributed by atoms with van der Waals surface area (Å²) in [4.78, 5) is 17.2. The number of fused-ring (bicyclic) bond motifs is 1. The molecule has 0 amide bonds. The fourth-order valence-corrected chi connectivity index (χ4v) is 2.48. The molecule has 0 aromatic carbocycles. The Kier molecular flexibility index (Phi) is 5.47. The smallest absolute Gasteiger partial charge is 0.320 e. The lowest BCUT2D eigenvalue weighted by Gasteiger charge is -2.09. The predicted molar refractivity (Wildman–Crippen MR) is 96.0 cm³/mol. The Morgan fingerprint density at radius 2 is 2.08 bits per heavy atom. The van der Waals surface area contributed by atoms with Crippen LogP contribution in [0.5, 0.6) is 12.0 Å². The normalized spacial score (nSPS) is 11.0. The molecule has 0 fully saturated rings. The van der Waals surface area contributed by atoms with Crippen LogP contribution in [-0.4, -0.2) is 43.3 Å². The summed E-state index contributed by atoms with van der Waals surface area (Å²) < 4.78 is 12.7. The fourth-order valence-electron chi connectivity index (χ4n) is 2.48. The van der Waals surface area contributed by atoms with Crippen molar-refractivity contribution in [2.75, 3.05) is 19.5 Å². The largest absolute Gasteiger partial charge is 0.468 e. The second-order valence-corrected chi connectivity index (χ2v) is 5.77. The summed E-state index contributed by atoms with van der Waals surface area (Å²) in [7, 11) is 1.53. The first-order valence-electron chi connectivity index (χ1n) is 8.41. The van der Waals surface area contributed by atoms with Crippen molar-refractivity contribution >= 4 is 17.0 Å². The maximum absolute atomic E-state index is 9.12. The molecule has 0 atom stereocenters. The van der Waals surface area contributed by atoms with Crippen molar-refractivity contribution in [1.82, 2.24) is 24.5 Å². The summed E-state index contributed by atoms with van der Waals surface area (Å²) in [5, 5.41) is 9.12. The molecule has 3 N–H and O–H groups in total. The molecule has 3 aromatic rings. The van der Waals surface area contributed by atoms with Crippen molar-refractivity contribution < 1.29 is 14.6 Å². The maximum atomic E-state index is 9.12. The summed E-state index contributed by atoms with van der Waals surface area (Å²) in [6.07, 6.45) is 3.62. The minimum atomic E-state index is -0.0974. The average molecular weight is 358 g/mol. The van der Waals surface area contributed by atoms with Crippen LogP contribution in [0.3, 0.4) is 0 Å². The molecule has 0 aliphatic rings. The monoisotopic (exact) mass is 358 g/mol. The van der Waals surface area contributed by atoms with Crippen LogP contribution in [-0.2, 0) is 13.2 Å². The Bertz CT molecular complexity index is 878. The second-order valence-electron chi connectivity index (χ2n) is 5.77. The van der Waals surface area contributed by atoms with Crippen LogP contribution in [0.15, 0.2) is 18.3 Å². The molecular weight excluding hydrogens is 336 g/mol. The lowest BCUT2D eigenvalue weighted by molar-refractivity contribution is 0.277. The first-order valence-corrected chi connectivity index (χ1v) is 8.41. The molecule has 0 spiro atoms. The van der Waals surface area contributed by atoms with Gasteiger partial charge in [-0.1, -0.05) is 19.4 Å². The number of ether oxygens (including phenoxy) is 2. The number of nitrogens with zero attached hydrogens (tertiary/aromatic N) is 5. The molecule has 0 bridgehead atoms. The number of hydrogen-bond acceptors (Lipinski definition) is 8. The highest BCUT2D eigenvalue weighted by Crippen LogP contribution is 2.26. The zero-order valence-electron chi connectivity index (χ0n) is 14.8. The van der Waals surface area contributed by atoms with Crippen molar-refractivity contribution in [2.24, 2.45) is 0 Å². The molecule has 3 rings (SSSR count). The van der Waals surface area contributed by atoms with Gasteiger partial charge in [0.15, 0.2) is 17.0 Å². The Labute approximate surface area is 150 Å². The molecule has 0 radical (unpaired) electrons. The van der Waals surface area contributed by atoms with E-state index in [1.807, 2.05) is 6.07 Å². The Morgan fingerprint density at radius 1 is 1.23 bits per heavy atom. The van der Waals surface area contributed by atoms with Crippen LogP contribution in [0.1, 0.15) is 31.0 Å². The van der Waals surface area contributed by atoms with Crippen molar-refractivity contribution in [3.05, 3.63) is 29.6 Å². The topological polar surface area (TPSA) is 121 Å². The highest BCUT2D eigenvalue weighted by molar-refractivity contribution is 5.83. The quantitative estimate of drug-likeness (QED) is 0.582. The van der Waals surface area contributed by atoms with Gasteiger partial charge in [-0.3, -0.25) is 9.55 Å². The number of anilines is 1. The fraction of sp³-hybridized carbons (Fsp3) is 0.412. The van der Waals surface area contributed by atoms with E-state index in [0.717, 1.165) is 18.4 Å². The molecule has 0 aliphatic carbocycles. The van der Waals surface area contributed by atoms with E-state index in [1.54, 1.807) is 16.8 Å². The summed E-state index contributed by atoms with van der Waals surface area (Å²) in [6.45, 7) is 2.94. The van der Waals surface area contributed by atoms with Gasteiger partial charge in [0.2, 0.25) is 0 Å². The van der Waals surface area contributed by atoms with E-state index in [9.17, 15) is 0 Å². The lowest BCUT2D eigenvalue weighted by Crippen LogP contribution is -2.07. The number of aliphatic hydroxyl groups is 1. The van der Waals surface area contributed by atoms with Crippen LogP contribution in [0.4, 0.5) is 5.82 Å². The molecule has 0 saturated heterocycles. The highest BCUT2D eigenvalue weighted by atomic mass is 16.5. The van der Waals surface area contributed by atoms with Gasteiger partial charge in [0.25, 0.3) is 6.01 Å². The molecule has 138 valence electrons. The molecule has 3 aromatic heterocycles. The number of imidazole rings is 1. The van der Waals surface area contributed by atoms with Gasteiger partial charge in [-0.2, -0.15) is 15.0 Å². The first-order chi connectivity index (χ1) is 12.7. The van der Waals surface area contributed by atoms with E-state index in [4.69, 9.17) is 20.3 Å². The van der Waals surface area contributed by atoms with Gasteiger partial charge < -0.3 is 20.3 Å². The Hall–Kier alpha value is -2.94. The molecule has 0 aliphatic heterocycles. The summed E-state index contributed by atoms with van der Waals surface area (Å²) in [6, 6.07) is 4.25. The molecule has 3 heterocycles. The Balaban J connectivity index is 1.98. The number of methoxy groups -OCH3 is 1. The lowest BCUT2D eigenvalue weighted by atomic mass is 10.2. The molecule has 26 heavy (non-hydrogen) atoms. The minimum Gasteiger partial charge on any atom is -0.468 e. The van der Waals surface area contributed by atoms with Crippen molar-refractivity contribution in [3.8, 4) is 12.0 Å². The zero-order valence-corrected chi connectivity index (χ0v) is 14.8. The number of aromatic nitrogens is 5. The predicted octanol–water partition coefficient (Wildman–Crippen LogP) is 1.53. The molecule has 0 saturated carbocycles. The summed E-state index contributed by atoms with van der Waals surface area (Å²) >= 11 is 0. The van der Waals surface area contributed by atoms with Gasteiger partial charge in [0.05, 0.1) is 32.6 Å². The highest BCUT2D eigenvalue weighted by Gasteiger charge is 2.18. The van der Waals surface area contributed by atoms with Crippen LogP contribution in [0.2, 0.25) is 0 Å². The van der Waals surface area contributed by atoms with Gasteiger partial charge in [-0.25, -0.2) is 0 Å². The molecular formula is C17H22N6O3. The van der Waals surface area contributed by atoms with Crippen molar-refractivity contribution in [3.63, 3.8) is 0 Å². The summed E-state index contributed by atoms with van der Waals surface area (Å²) in [5.41, 5.74) is 8.54. The number of rotatable bonds is 8. The SMILES string of the molecule is CCCCOc1nc(N)c2nc(OC)n(Cc3ccc(CO)nc3)c2n1. The standard InChI is InChI=1S/C17H22N6O3/c1-3-4-7-26-16-21-14(18)13-15(22-16)23(17(20-13)25-2)9-11-5-6-12(10-24)19-8-11/h5-6,8,24H,3-4,7,9-10H2,1-2H3,(H2,18,21,22). The van der Waals surface area contributed by atoms with Crippen LogP contribution in [0.25, 0.3) is 11.2 Å². The van der Waals surface area contributed by atoms with E-state index in [-0.39, 0.29) is 18.4 Å². The van der Waals surface area contributed by atoms with E-state index >= 15 is 0 Å². The Morgan fingerprint density at radius 3 is 2.73 bits per heavy atom. The first kappa shape index (κ1) is 17.9. The third kappa shape index (κ3) is 3.67. The maximum Gasteiger partial charge on any atom is 0.320 e. The van der Waals surface area contributed by atoms with Crippen molar-refractivity contribution in [1.29, 1.82) is 0 Å². The molecule has 9 nitrogen and oxygen atoms in total. The van der Waals surface area contributed by atoms with Gasteiger partial charge in [0, 0.05) is 6.20 Å². The number of nitrogen functional groups attached to an aromatic ring is 1. The zero-order chi connectivity index (χ0) is 18.5. The van der Waals surface area contributed by atoms with Crippen LogP contribution >= 0.6 is 0 Å². The van der Waals surface area contributed by atoms with Gasteiger partial charge in [-0.15, -0.1) is 0 Å². The van der Waals surface area contributed by atoms with E-state index in [2.05, 4.69) is 26.9 Å². The molecule has 9 heteroatoms. The number of nitrogens with two attached hydrogens (primary N) is 1. The van der Waals surface area contributed by atoms with Crippen LogP contribution < -0.4 is 15.2 Å². The average Bonchev–Trinajstić information content (AvgIpc) is 3.01. The van der Waals surface area contributed by atoms with Gasteiger partial charge >= 0.3 is 6.01 Å². The van der Waals surface area contributed by atoms with E-state index in [0.29, 0.717) is 36.0 Å². The number of pyridine rings is 1. The number of hydrogen-bond donors (Lipinski definition) is 2. The minimum absolute atomic E-state index is 0.0974. The van der Waals surface area contributed by atoms with E-state index in [1.165, 1.54) is 7.11 Å². The number of unbranched alkanes of at least 4 members (excludes halogenated alkanes) is 1. The van der Waals surface area contributed by atoms with Crippen molar-refractivity contribution in [2.45, 2.75) is 32.9 Å². The summed E-state index contributed by atoms with van der Waals surface area (Å²) in [5.74, 6) is 0.243. The third-order valence-electron chi connectivity index (χ3n) is 3.87. The molecule has 0 unspecified atom stereocenters. The van der Waals surface area contributed by atoms with Crippen LogP contribution in [0, 0.1) is 0 Å².